The molecule has 1 atom stereocenters. The van der Waals surface area contributed by atoms with Crippen molar-refractivity contribution in [2.75, 3.05) is 20.2 Å². The second kappa shape index (κ2) is 5.69. The van der Waals surface area contributed by atoms with Gasteiger partial charge in [-0.05, 0) is 40.5 Å². The molecule has 0 radical (unpaired) electrons. The van der Waals surface area contributed by atoms with E-state index < -0.39 is 5.82 Å². The van der Waals surface area contributed by atoms with Crippen molar-refractivity contribution >= 4 is 27.8 Å². The fraction of sp³-hybridized carbons (Fsp3) is 0.385. The van der Waals surface area contributed by atoms with E-state index in [4.69, 9.17) is 0 Å². The monoisotopic (exact) mass is 329 g/mol. The summed E-state index contributed by atoms with van der Waals surface area (Å²) in [5.41, 5.74) is 0.402. The summed E-state index contributed by atoms with van der Waals surface area (Å²) in [5, 5.41) is 0. The number of carbonyl (C=O) groups excluding carboxylic acids is 2. The molecule has 6 heteroatoms. The Morgan fingerprint density at radius 1 is 1.47 bits per heavy atom. The predicted octanol–water partition coefficient (Wildman–Crippen LogP) is 2.22. The Balaban J connectivity index is 2.09. The van der Waals surface area contributed by atoms with Gasteiger partial charge in [-0.1, -0.05) is 0 Å². The van der Waals surface area contributed by atoms with E-state index in [-0.39, 0.29) is 22.3 Å². The number of halogens is 2. The standard InChI is InChI=1S/C13H13BrFNO3/c1-19-13(18)9-4-5-16(7-9)12(17)8-2-3-11(15)10(14)6-8/h2-3,6,9H,4-5,7H2,1H3. The van der Waals surface area contributed by atoms with Crippen LogP contribution < -0.4 is 0 Å². The van der Waals surface area contributed by atoms with E-state index in [9.17, 15) is 14.0 Å². The predicted molar refractivity (Wildman–Crippen MR) is 70.1 cm³/mol. The van der Waals surface area contributed by atoms with Gasteiger partial charge in [0.15, 0.2) is 0 Å². The van der Waals surface area contributed by atoms with Crippen LogP contribution in [0.4, 0.5) is 4.39 Å². The number of carbonyl (C=O) groups is 2. The second-order valence-electron chi connectivity index (χ2n) is 4.39. The summed E-state index contributed by atoms with van der Waals surface area (Å²) in [6, 6.07) is 4.13. The van der Waals surface area contributed by atoms with Crippen molar-refractivity contribution in [2.24, 2.45) is 5.92 Å². The lowest BCUT2D eigenvalue weighted by atomic mass is 10.1. The number of methoxy groups -OCH3 is 1. The molecule has 0 bridgehead atoms. The summed E-state index contributed by atoms with van der Waals surface area (Å²) < 4.78 is 18.0. The highest BCUT2D eigenvalue weighted by Gasteiger charge is 2.32. The maximum atomic E-state index is 13.1. The number of ether oxygens (including phenoxy) is 1. The van der Waals surface area contributed by atoms with E-state index in [2.05, 4.69) is 20.7 Å². The Morgan fingerprint density at radius 3 is 2.84 bits per heavy atom. The summed E-state index contributed by atoms with van der Waals surface area (Å²) in [6.07, 6.45) is 0.598. The smallest absolute Gasteiger partial charge is 0.310 e. The van der Waals surface area contributed by atoms with Gasteiger partial charge in [0.1, 0.15) is 5.82 Å². The van der Waals surface area contributed by atoms with Gasteiger partial charge in [0.05, 0.1) is 17.5 Å². The molecule has 1 aromatic rings. The average molecular weight is 330 g/mol. The molecule has 1 fully saturated rings. The first-order valence-corrected chi connectivity index (χ1v) is 6.64. The van der Waals surface area contributed by atoms with Gasteiger partial charge in [-0.15, -0.1) is 0 Å². The minimum atomic E-state index is -0.412. The van der Waals surface area contributed by atoms with Gasteiger partial charge in [0, 0.05) is 18.7 Å². The molecule has 1 aliphatic rings. The highest BCUT2D eigenvalue weighted by molar-refractivity contribution is 9.10. The molecule has 1 aliphatic heterocycles. The highest BCUT2D eigenvalue weighted by atomic mass is 79.9. The lowest BCUT2D eigenvalue weighted by Crippen LogP contribution is -2.30. The van der Waals surface area contributed by atoms with Gasteiger partial charge in [-0.3, -0.25) is 9.59 Å². The molecule has 0 aliphatic carbocycles. The van der Waals surface area contributed by atoms with Crippen LogP contribution in [-0.2, 0) is 9.53 Å². The molecule has 1 aromatic carbocycles. The largest absolute Gasteiger partial charge is 0.469 e. The average Bonchev–Trinajstić information content (AvgIpc) is 2.89. The van der Waals surface area contributed by atoms with Crippen molar-refractivity contribution in [1.82, 2.24) is 4.90 Å². The van der Waals surface area contributed by atoms with Gasteiger partial charge < -0.3 is 9.64 Å². The molecule has 1 amide bonds. The lowest BCUT2D eigenvalue weighted by Gasteiger charge is -2.16. The Labute approximate surface area is 118 Å². The Hall–Kier alpha value is -1.43. The zero-order valence-corrected chi connectivity index (χ0v) is 11.9. The van der Waals surface area contributed by atoms with Crippen LogP contribution in [0.2, 0.25) is 0 Å². The first kappa shape index (κ1) is 14.0. The van der Waals surface area contributed by atoms with Gasteiger partial charge in [0.2, 0.25) is 0 Å². The van der Waals surface area contributed by atoms with Crippen molar-refractivity contribution in [3.05, 3.63) is 34.1 Å². The number of nitrogens with zero attached hydrogens (tertiary/aromatic N) is 1. The van der Waals surface area contributed by atoms with Crippen LogP contribution >= 0.6 is 15.9 Å². The first-order chi connectivity index (χ1) is 9.02. The molecule has 19 heavy (non-hydrogen) atoms. The third-order valence-electron chi connectivity index (χ3n) is 3.18. The molecule has 1 saturated heterocycles. The fourth-order valence-corrected chi connectivity index (χ4v) is 2.49. The molecule has 0 aromatic heterocycles. The van der Waals surface area contributed by atoms with E-state index in [1.807, 2.05) is 0 Å². The fourth-order valence-electron chi connectivity index (χ4n) is 2.12. The number of likely N-dealkylation sites (tertiary alicyclic amines) is 1. The van der Waals surface area contributed by atoms with Gasteiger partial charge in [-0.25, -0.2) is 4.39 Å². The van der Waals surface area contributed by atoms with Crippen LogP contribution in [-0.4, -0.2) is 37.0 Å². The number of hydrogen-bond donors (Lipinski definition) is 0. The molecule has 4 nitrogen and oxygen atoms in total. The van der Waals surface area contributed by atoms with Crippen molar-refractivity contribution in [3.8, 4) is 0 Å². The second-order valence-corrected chi connectivity index (χ2v) is 5.24. The summed E-state index contributed by atoms with van der Waals surface area (Å²) in [5.74, 6) is -1.18. The van der Waals surface area contributed by atoms with Crippen LogP contribution in [0.1, 0.15) is 16.8 Å². The number of benzene rings is 1. The molecule has 1 heterocycles. The maximum Gasteiger partial charge on any atom is 0.310 e. The Bertz CT molecular complexity index is 521. The van der Waals surface area contributed by atoms with Crippen molar-refractivity contribution < 1.29 is 18.7 Å². The van der Waals surface area contributed by atoms with Gasteiger partial charge in [-0.2, -0.15) is 0 Å². The van der Waals surface area contributed by atoms with Crippen molar-refractivity contribution in [1.29, 1.82) is 0 Å². The number of esters is 1. The van der Waals surface area contributed by atoms with Crippen LogP contribution in [0.25, 0.3) is 0 Å². The van der Waals surface area contributed by atoms with E-state index in [0.29, 0.717) is 25.1 Å². The number of rotatable bonds is 2. The van der Waals surface area contributed by atoms with Crippen LogP contribution in [0, 0.1) is 11.7 Å². The quantitative estimate of drug-likeness (QED) is 0.781. The topological polar surface area (TPSA) is 46.6 Å². The molecule has 0 spiro atoms. The van der Waals surface area contributed by atoms with Gasteiger partial charge in [0.25, 0.3) is 5.91 Å². The summed E-state index contributed by atoms with van der Waals surface area (Å²) >= 11 is 3.05. The number of amides is 1. The van der Waals surface area contributed by atoms with Crippen LogP contribution in [0.3, 0.4) is 0 Å². The summed E-state index contributed by atoms with van der Waals surface area (Å²) in [7, 11) is 1.34. The minimum absolute atomic E-state index is 0.202. The molecule has 0 N–H and O–H groups in total. The van der Waals surface area contributed by atoms with E-state index in [1.165, 1.54) is 25.3 Å². The normalized spacial score (nSPS) is 18.5. The van der Waals surface area contributed by atoms with Crippen molar-refractivity contribution in [3.63, 3.8) is 0 Å². The highest BCUT2D eigenvalue weighted by Crippen LogP contribution is 2.22. The molecule has 1 unspecified atom stereocenters. The number of hydrogen-bond acceptors (Lipinski definition) is 3. The van der Waals surface area contributed by atoms with Crippen LogP contribution in [0.5, 0.6) is 0 Å². The third-order valence-corrected chi connectivity index (χ3v) is 3.78. The first-order valence-electron chi connectivity index (χ1n) is 5.85. The lowest BCUT2D eigenvalue weighted by molar-refractivity contribution is -0.144. The van der Waals surface area contributed by atoms with Gasteiger partial charge >= 0.3 is 5.97 Å². The molecule has 0 saturated carbocycles. The molecule has 2 rings (SSSR count). The zero-order chi connectivity index (χ0) is 14.0. The minimum Gasteiger partial charge on any atom is -0.469 e. The summed E-state index contributed by atoms with van der Waals surface area (Å²) in [4.78, 5) is 25.2. The Morgan fingerprint density at radius 2 is 2.21 bits per heavy atom. The zero-order valence-electron chi connectivity index (χ0n) is 10.4. The van der Waals surface area contributed by atoms with Crippen LogP contribution in [0.15, 0.2) is 22.7 Å². The third kappa shape index (κ3) is 2.94. The molecular formula is C13H13BrFNO3. The molecule has 102 valence electrons. The van der Waals surface area contributed by atoms with E-state index in [0.717, 1.165) is 0 Å². The molecular weight excluding hydrogens is 317 g/mol. The van der Waals surface area contributed by atoms with E-state index >= 15 is 0 Å². The van der Waals surface area contributed by atoms with Crippen molar-refractivity contribution in [2.45, 2.75) is 6.42 Å². The maximum absolute atomic E-state index is 13.1. The van der Waals surface area contributed by atoms with E-state index in [1.54, 1.807) is 4.90 Å². The summed E-state index contributed by atoms with van der Waals surface area (Å²) in [6.45, 7) is 0.855. The SMILES string of the molecule is COC(=O)C1CCN(C(=O)c2ccc(F)c(Br)c2)C1. The Kier molecular flexibility index (Phi) is 4.19.